The minimum Gasteiger partial charge on any atom is -0.484 e. The lowest BCUT2D eigenvalue weighted by atomic mass is 10.0. The molecular weight excluding hydrogens is 440 g/mol. The number of nitrogens with zero attached hydrogens (tertiary/aromatic N) is 1. The predicted octanol–water partition coefficient (Wildman–Crippen LogP) is 3.93. The molecule has 0 aliphatic rings. The van der Waals surface area contributed by atoms with Gasteiger partial charge in [0.1, 0.15) is 11.8 Å². The summed E-state index contributed by atoms with van der Waals surface area (Å²) < 4.78 is 5.45. The standard InChI is InChI=1S/C24H26N4O4S/c1-15(2)22(27-21(30)13-32-19-7-5-4-6-8-19)23(31)28-24-26-20(14-33-24)17-9-11-18(12-10-17)25-16(3)29/h4-12,14-15,22H,13H2,1-3H3,(H,25,29)(H,27,30)(H,26,28,31)/t22-/m0/s1. The molecule has 9 heteroatoms. The van der Waals surface area contributed by atoms with Crippen LogP contribution in [0, 0.1) is 5.92 Å². The summed E-state index contributed by atoms with van der Waals surface area (Å²) in [5.74, 6) is -0.420. The lowest BCUT2D eigenvalue weighted by Gasteiger charge is -2.21. The van der Waals surface area contributed by atoms with Crippen LogP contribution in [-0.4, -0.2) is 35.4 Å². The van der Waals surface area contributed by atoms with Gasteiger partial charge in [0.15, 0.2) is 11.7 Å². The van der Waals surface area contributed by atoms with E-state index >= 15 is 0 Å². The van der Waals surface area contributed by atoms with Crippen LogP contribution >= 0.6 is 11.3 Å². The molecule has 0 aliphatic carbocycles. The van der Waals surface area contributed by atoms with E-state index < -0.39 is 6.04 Å². The summed E-state index contributed by atoms with van der Waals surface area (Å²) in [4.78, 5) is 40.8. The number of para-hydroxylation sites is 1. The maximum Gasteiger partial charge on any atom is 0.258 e. The van der Waals surface area contributed by atoms with Gasteiger partial charge in [-0.25, -0.2) is 4.98 Å². The fourth-order valence-electron chi connectivity index (χ4n) is 2.99. The van der Waals surface area contributed by atoms with E-state index in [2.05, 4.69) is 20.9 Å². The molecule has 1 atom stereocenters. The third-order valence-corrected chi connectivity index (χ3v) is 5.37. The summed E-state index contributed by atoms with van der Waals surface area (Å²) in [6.07, 6.45) is 0. The molecule has 3 N–H and O–H groups in total. The number of anilines is 2. The number of carbonyl (C=O) groups is 3. The SMILES string of the molecule is CC(=O)Nc1ccc(-c2csc(NC(=O)[C@@H](NC(=O)COc3ccccc3)C(C)C)n2)cc1. The van der Waals surface area contributed by atoms with Crippen molar-refractivity contribution in [3.63, 3.8) is 0 Å². The summed E-state index contributed by atoms with van der Waals surface area (Å²) in [5.41, 5.74) is 2.25. The number of amides is 3. The molecule has 0 bridgehead atoms. The van der Waals surface area contributed by atoms with Crippen molar-refractivity contribution in [3.8, 4) is 17.0 Å². The Morgan fingerprint density at radius 1 is 1.00 bits per heavy atom. The van der Waals surface area contributed by atoms with Crippen molar-refractivity contribution >= 4 is 39.9 Å². The van der Waals surface area contributed by atoms with Crippen molar-refractivity contribution in [2.45, 2.75) is 26.8 Å². The van der Waals surface area contributed by atoms with Crippen LogP contribution in [0.25, 0.3) is 11.3 Å². The highest BCUT2D eigenvalue weighted by molar-refractivity contribution is 7.14. The van der Waals surface area contributed by atoms with E-state index in [1.54, 1.807) is 24.3 Å². The first-order valence-corrected chi connectivity index (χ1v) is 11.3. The van der Waals surface area contributed by atoms with Crippen LogP contribution in [0.5, 0.6) is 5.75 Å². The molecule has 2 aromatic carbocycles. The van der Waals surface area contributed by atoms with Gasteiger partial charge in [0.05, 0.1) is 5.69 Å². The molecule has 1 heterocycles. The Labute approximate surface area is 196 Å². The maximum atomic E-state index is 12.8. The van der Waals surface area contributed by atoms with Crippen LogP contribution in [0.2, 0.25) is 0 Å². The molecule has 3 rings (SSSR count). The second-order valence-electron chi connectivity index (χ2n) is 7.68. The van der Waals surface area contributed by atoms with Gasteiger partial charge in [0.2, 0.25) is 11.8 Å². The Balaban J connectivity index is 1.58. The lowest BCUT2D eigenvalue weighted by Crippen LogP contribution is -2.48. The zero-order valence-electron chi connectivity index (χ0n) is 18.6. The minimum atomic E-state index is -0.735. The van der Waals surface area contributed by atoms with Gasteiger partial charge >= 0.3 is 0 Å². The fraction of sp³-hybridized carbons (Fsp3) is 0.250. The van der Waals surface area contributed by atoms with Gasteiger partial charge < -0.3 is 20.7 Å². The van der Waals surface area contributed by atoms with Crippen LogP contribution in [0.4, 0.5) is 10.8 Å². The van der Waals surface area contributed by atoms with Crippen molar-refractivity contribution in [2.24, 2.45) is 5.92 Å². The molecule has 0 saturated heterocycles. The molecule has 8 nitrogen and oxygen atoms in total. The smallest absolute Gasteiger partial charge is 0.258 e. The van der Waals surface area contributed by atoms with E-state index in [9.17, 15) is 14.4 Å². The Hall–Kier alpha value is -3.72. The Morgan fingerprint density at radius 2 is 1.70 bits per heavy atom. The summed E-state index contributed by atoms with van der Waals surface area (Å²) in [6.45, 7) is 4.97. The maximum absolute atomic E-state index is 12.8. The normalized spacial score (nSPS) is 11.5. The number of benzene rings is 2. The Morgan fingerprint density at radius 3 is 2.33 bits per heavy atom. The molecule has 0 fully saturated rings. The van der Waals surface area contributed by atoms with Gasteiger partial charge in [-0.3, -0.25) is 14.4 Å². The van der Waals surface area contributed by atoms with E-state index in [1.165, 1.54) is 18.3 Å². The number of rotatable bonds is 9. The number of hydrogen-bond donors (Lipinski definition) is 3. The summed E-state index contributed by atoms with van der Waals surface area (Å²) in [5, 5.41) is 10.5. The van der Waals surface area contributed by atoms with Gasteiger partial charge in [-0.2, -0.15) is 0 Å². The van der Waals surface area contributed by atoms with Gasteiger partial charge in [-0.15, -0.1) is 11.3 Å². The van der Waals surface area contributed by atoms with Crippen molar-refractivity contribution < 1.29 is 19.1 Å². The van der Waals surface area contributed by atoms with Crippen molar-refractivity contribution in [3.05, 3.63) is 60.0 Å². The van der Waals surface area contributed by atoms with E-state index in [-0.39, 0.29) is 30.2 Å². The number of carbonyl (C=O) groups excluding carboxylic acids is 3. The molecule has 1 aromatic heterocycles. The number of hydrogen-bond acceptors (Lipinski definition) is 6. The molecule has 0 unspecified atom stereocenters. The van der Waals surface area contributed by atoms with Crippen LogP contribution in [0.1, 0.15) is 20.8 Å². The van der Waals surface area contributed by atoms with Gasteiger partial charge in [-0.05, 0) is 30.2 Å². The summed E-state index contributed by atoms with van der Waals surface area (Å²) in [6, 6.07) is 15.5. The first-order chi connectivity index (χ1) is 15.8. The Bertz CT molecular complexity index is 1100. The Kier molecular flexibility index (Phi) is 8.15. The highest BCUT2D eigenvalue weighted by atomic mass is 32.1. The highest BCUT2D eigenvalue weighted by Gasteiger charge is 2.25. The largest absolute Gasteiger partial charge is 0.484 e. The van der Waals surface area contributed by atoms with Gasteiger partial charge in [-0.1, -0.05) is 44.2 Å². The quantitative estimate of drug-likeness (QED) is 0.443. The predicted molar refractivity (Wildman–Crippen MR) is 129 cm³/mol. The zero-order chi connectivity index (χ0) is 23.8. The molecule has 0 saturated carbocycles. The van der Waals surface area contributed by atoms with E-state index in [4.69, 9.17) is 4.74 Å². The summed E-state index contributed by atoms with van der Waals surface area (Å²) in [7, 11) is 0. The second-order valence-corrected chi connectivity index (χ2v) is 8.53. The number of thiazole rings is 1. The minimum absolute atomic E-state index is 0.133. The molecule has 0 spiro atoms. The molecule has 172 valence electrons. The van der Waals surface area contributed by atoms with Crippen LogP contribution in [0.15, 0.2) is 60.0 Å². The lowest BCUT2D eigenvalue weighted by molar-refractivity contribution is -0.128. The number of nitrogens with one attached hydrogen (secondary N) is 3. The summed E-state index contributed by atoms with van der Waals surface area (Å²) >= 11 is 1.29. The second kappa shape index (κ2) is 11.2. The number of aromatic nitrogens is 1. The van der Waals surface area contributed by atoms with E-state index in [1.807, 2.05) is 49.6 Å². The van der Waals surface area contributed by atoms with Gasteiger partial charge in [0.25, 0.3) is 5.91 Å². The van der Waals surface area contributed by atoms with Crippen LogP contribution in [-0.2, 0) is 14.4 Å². The van der Waals surface area contributed by atoms with Crippen molar-refractivity contribution in [1.29, 1.82) is 0 Å². The van der Waals surface area contributed by atoms with Crippen LogP contribution < -0.4 is 20.7 Å². The van der Waals surface area contributed by atoms with Crippen LogP contribution in [0.3, 0.4) is 0 Å². The third kappa shape index (κ3) is 7.15. The van der Waals surface area contributed by atoms with Crippen molar-refractivity contribution in [2.75, 3.05) is 17.2 Å². The molecule has 3 aromatic rings. The average molecular weight is 467 g/mol. The molecule has 0 radical (unpaired) electrons. The third-order valence-electron chi connectivity index (χ3n) is 4.61. The molecular formula is C24H26N4O4S. The van der Waals surface area contributed by atoms with E-state index in [0.29, 0.717) is 22.3 Å². The highest BCUT2D eigenvalue weighted by Crippen LogP contribution is 2.26. The molecule has 3 amide bonds. The first-order valence-electron chi connectivity index (χ1n) is 10.4. The average Bonchev–Trinajstić information content (AvgIpc) is 3.25. The zero-order valence-corrected chi connectivity index (χ0v) is 19.4. The molecule has 33 heavy (non-hydrogen) atoms. The fourth-order valence-corrected chi connectivity index (χ4v) is 3.71. The van der Waals surface area contributed by atoms with E-state index in [0.717, 1.165) is 5.56 Å². The number of ether oxygens (including phenoxy) is 1. The van der Waals surface area contributed by atoms with Gasteiger partial charge in [0, 0.05) is 23.6 Å². The first kappa shape index (κ1) is 23.9. The molecule has 0 aliphatic heterocycles. The monoisotopic (exact) mass is 466 g/mol. The topological polar surface area (TPSA) is 109 Å². The van der Waals surface area contributed by atoms with Crippen molar-refractivity contribution in [1.82, 2.24) is 10.3 Å².